The number of hydrogen-bond acceptors (Lipinski definition) is 3. The Hall–Kier alpha value is -0.830. The Labute approximate surface area is 64.7 Å². The van der Waals surface area contributed by atoms with Crippen molar-refractivity contribution in [1.29, 1.82) is 0 Å². The Morgan fingerprint density at radius 2 is 2.45 bits per heavy atom. The molecule has 2 aliphatic rings. The first-order valence-corrected chi connectivity index (χ1v) is 3.83. The maximum Gasteiger partial charge on any atom is 0.333 e. The van der Waals surface area contributed by atoms with Gasteiger partial charge in [0.25, 0.3) is 0 Å². The Morgan fingerprint density at radius 1 is 1.64 bits per heavy atom. The second-order valence-corrected chi connectivity index (χ2v) is 3.06. The molecule has 0 fully saturated rings. The molecule has 11 heavy (non-hydrogen) atoms. The van der Waals surface area contributed by atoms with Crippen LogP contribution in [-0.2, 0) is 9.53 Å². The Balaban J connectivity index is 2.24. The van der Waals surface area contributed by atoms with Crippen LogP contribution in [0.5, 0.6) is 0 Å². The van der Waals surface area contributed by atoms with Crippen molar-refractivity contribution < 1.29 is 14.6 Å². The third kappa shape index (κ3) is 1.05. The summed E-state index contributed by atoms with van der Waals surface area (Å²) in [6, 6.07) is 0. The predicted molar refractivity (Wildman–Crippen MR) is 37.8 cm³/mol. The van der Waals surface area contributed by atoms with E-state index >= 15 is 0 Å². The second kappa shape index (κ2) is 2.34. The third-order valence-corrected chi connectivity index (χ3v) is 2.30. The summed E-state index contributed by atoms with van der Waals surface area (Å²) in [5.74, 6) is -0.0968. The quantitative estimate of drug-likeness (QED) is 0.508. The number of aliphatic hydroxyl groups is 1. The SMILES string of the molecule is O=C1OCC(O)C2C=C1CC2. The summed E-state index contributed by atoms with van der Waals surface area (Å²) in [6.07, 6.45) is 3.02. The first kappa shape index (κ1) is 6.85. The van der Waals surface area contributed by atoms with Gasteiger partial charge in [0.15, 0.2) is 0 Å². The van der Waals surface area contributed by atoms with E-state index in [9.17, 15) is 9.90 Å². The van der Waals surface area contributed by atoms with Crippen LogP contribution in [0.15, 0.2) is 11.6 Å². The van der Waals surface area contributed by atoms with Gasteiger partial charge in [-0.1, -0.05) is 6.08 Å². The van der Waals surface area contributed by atoms with E-state index in [2.05, 4.69) is 0 Å². The van der Waals surface area contributed by atoms with Gasteiger partial charge >= 0.3 is 5.97 Å². The lowest BCUT2D eigenvalue weighted by atomic mass is 10.0. The van der Waals surface area contributed by atoms with Gasteiger partial charge < -0.3 is 9.84 Å². The number of cyclic esters (lactones) is 1. The summed E-state index contributed by atoms with van der Waals surface area (Å²) < 4.78 is 4.79. The van der Waals surface area contributed by atoms with E-state index in [-0.39, 0.29) is 18.5 Å². The molecule has 0 radical (unpaired) electrons. The highest BCUT2D eigenvalue weighted by atomic mass is 16.5. The van der Waals surface area contributed by atoms with Gasteiger partial charge in [-0.05, 0) is 12.8 Å². The number of carbonyl (C=O) groups is 1. The van der Waals surface area contributed by atoms with E-state index in [1.807, 2.05) is 6.08 Å². The zero-order valence-electron chi connectivity index (χ0n) is 6.12. The second-order valence-electron chi connectivity index (χ2n) is 3.06. The molecule has 0 saturated heterocycles. The van der Waals surface area contributed by atoms with Crippen molar-refractivity contribution in [2.24, 2.45) is 5.92 Å². The minimum absolute atomic E-state index is 0.149. The van der Waals surface area contributed by atoms with E-state index < -0.39 is 6.10 Å². The minimum Gasteiger partial charge on any atom is -0.460 e. The molecule has 0 amide bonds. The molecule has 2 bridgehead atoms. The van der Waals surface area contributed by atoms with Crippen LogP contribution in [0.2, 0.25) is 0 Å². The number of carbonyl (C=O) groups excluding carboxylic acids is 1. The van der Waals surface area contributed by atoms with Crippen LogP contribution in [-0.4, -0.2) is 23.8 Å². The highest BCUT2D eigenvalue weighted by molar-refractivity contribution is 5.89. The van der Waals surface area contributed by atoms with Crippen LogP contribution in [0.4, 0.5) is 0 Å². The number of aliphatic hydroxyl groups excluding tert-OH is 1. The molecular formula is C8H10O3. The maximum absolute atomic E-state index is 11.0. The van der Waals surface area contributed by atoms with Crippen molar-refractivity contribution in [2.45, 2.75) is 18.9 Å². The number of fused-ring (bicyclic) bond motifs is 1. The van der Waals surface area contributed by atoms with Crippen molar-refractivity contribution in [3.8, 4) is 0 Å². The highest BCUT2D eigenvalue weighted by Gasteiger charge is 2.31. The van der Waals surface area contributed by atoms with Crippen molar-refractivity contribution >= 4 is 5.97 Å². The Morgan fingerprint density at radius 3 is 3.27 bits per heavy atom. The minimum atomic E-state index is -0.487. The first-order chi connectivity index (χ1) is 5.27. The first-order valence-electron chi connectivity index (χ1n) is 3.83. The van der Waals surface area contributed by atoms with Gasteiger partial charge in [0.2, 0.25) is 0 Å². The lowest BCUT2D eigenvalue weighted by molar-refractivity contribution is -0.142. The van der Waals surface area contributed by atoms with Crippen LogP contribution in [0, 0.1) is 5.92 Å². The van der Waals surface area contributed by atoms with E-state index in [1.54, 1.807) is 0 Å². The molecule has 2 atom stereocenters. The molecule has 0 spiro atoms. The maximum atomic E-state index is 11.0. The van der Waals surface area contributed by atoms with E-state index in [1.165, 1.54) is 0 Å². The fraction of sp³-hybridized carbons (Fsp3) is 0.625. The predicted octanol–water partition coefficient (Wildman–Crippen LogP) is 0.240. The smallest absolute Gasteiger partial charge is 0.333 e. The number of rotatable bonds is 0. The molecular weight excluding hydrogens is 144 g/mol. The van der Waals surface area contributed by atoms with Crippen LogP contribution in [0.3, 0.4) is 0 Å². The lowest BCUT2D eigenvalue weighted by Gasteiger charge is -2.15. The Kier molecular flexibility index (Phi) is 1.46. The fourth-order valence-electron chi connectivity index (χ4n) is 1.60. The lowest BCUT2D eigenvalue weighted by Crippen LogP contribution is -2.24. The molecule has 1 aliphatic heterocycles. The van der Waals surface area contributed by atoms with E-state index in [4.69, 9.17) is 4.74 Å². The van der Waals surface area contributed by atoms with Crippen molar-refractivity contribution in [3.05, 3.63) is 11.6 Å². The molecule has 1 N–H and O–H groups in total. The zero-order valence-corrected chi connectivity index (χ0v) is 6.12. The van der Waals surface area contributed by atoms with Crippen LogP contribution < -0.4 is 0 Å². The Bertz CT molecular complexity index is 219. The average Bonchev–Trinajstić information content (AvgIpc) is 2.42. The largest absolute Gasteiger partial charge is 0.460 e. The summed E-state index contributed by atoms with van der Waals surface area (Å²) in [7, 11) is 0. The number of ether oxygens (including phenoxy) is 1. The highest BCUT2D eigenvalue weighted by Crippen LogP contribution is 2.30. The summed E-state index contributed by atoms with van der Waals surface area (Å²) in [5, 5.41) is 9.37. The molecule has 1 heterocycles. The summed E-state index contributed by atoms with van der Waals surface area (Å²) >= 11 is 0. The fourth-order valence-corrected chi connectivity index (χ4v) is 1.60. The van der Waals surface area contributed by atoms with Crippen molar-refractivity contribution in [2.75, 3.05) is 6.61 Å². The van der Waals surface area contributed by atoms with E-state index in [0.29, 0.717) is 0 Å². The van der Waals surface area contributed by atoms with Crippen molar-refractivity contribution in [1.82, 2.24) is 0 Å². The summed E-state index contributed by atoms with van der Waals surface area (Å²) in [5.41, 5.74) is 0.742. The molecule has 60 valence electrons. The van der Waals surface area contributed by atoms with Crippen LogP contribution in [0.25, 0.3) is 0 Å². The van der Waals surface area contributed by atoms with Gasteiger partial charge in [0.05, 0.1) is 6.10 Å². The van der Waals surface area contributed by atoms with Gasteiger partial charge in [0.1, 0.15) is 6.61 Å². The van der Waals surface area contributed by atoms with Gasteiger partial charge in [-0.3, -0.25) is 0 Å². The number of esters is 1. The van der Waals surface area contributed by atoms with Gasteiger partial charge in [-0.2, -0.15) is 0 Å². The molecule has 0 aromatic rings. The molecule has 2 rings (SSSR count). The zero-order chi connectivity index (χ0) is 7.84. The van der Waals surface area contributed by atoms with Gasteiger partial charge in [-0.15, -0.1) is 0 Å². The normalized spacial score (nSPS) is 36.1. The van der Waals surface area contributed by atoms with Gasteiger partial charge in [0, 0.05) is 11.5 Å². The molecule has 0 aromatic heterocycles. The standard InChI is InChI=1S/C8H10O3/c9-7-4-11-8(10)6-2-1-5(7)3-6/h3,5,7,9H,1-2,4H2. The molecule has 2 unspecified atom stereocenters. The monoisotopic (exact) mass is 154 g/mol. The summed E-state index contributed by atoms with van der Waals surface area (Å²) in [6.45, 7) is 0.156. The number of hydrogen-bond donors (Lipinski definition) is 1. The van der Waals surface area contributed by atoms with E-state index in [0.717, 1.165) is 18.4 Å². The topological polar surface area (TPSA) is 46.5 Å². The molecule has 3 nitrogen and oxygen atoms in total. The molecule has 0 aromatic carbocycles. The van der Waals surface area contributed by atoms with Crippen LogP contribution in [0.1, 0.15) is 12.8 Å². The molecule has 3 heteroatoms. The van der Waals surface area contributed by atoms with Crippen molar-refractivity contribution in [3.63, 3.8) is 0 Å². The third-order valence-electron chi connectivity index (χ3n) is 2.30. The summed E-state index contributed by atoms with van der Waals surface area (Å²) in [4.78, 5) is 11.0. The average molecular weight is 154 g/mol. The molecule has 1 aliphatic carbocycles. The molecule has 0 saturated carbocycles. The van der Waals surface area contributed by atoms with Gasteiger partial charge in [-0.25, -0.2) is 4.79 Å². The van der Waals surface area contributed by atoms with Crippen LogP contribution >= 0.6 is 0 Å².